The molecule has 22 heavy (non-hydrogen) atoms. The Balaban J connectivity index is 1.74. The van der Waals surface area contributed by atoms with Crippen LogP contribution in [0.4, 0.5) is 8.78 Å². The first-order valence-corrected chi connectivity index (χ1v) is 7.38. The molecule has 2 atom stereocenters. The van der Waals surface area contributed by atoms with Crippen LogP contribution < -0.4 is 0 Å². The summed E-state index contributed by atoms with van der Waals surface area (Å²) in [6.45, 7) is 1.28. The van der Waals surface area contributed by atoms with Gasteiger partial charge in [0.1, 0.15) is 0 Å². The molecule has 0 aliphatic carbocycles. The van der Waals surface area contributed by atoms with Crippen LogP contribution in [-0.2, 0) is 13.5 Å². The average molecular weight is 307 g/mol. The van der Waals surface area contributed by atoms with Crippen molar-refractivity contribution in [3.63, 3.8) is 0 Å². The van der Waals surface area contributed by atoms with Gasteiger partial charge in [0.2, 0.25) is 0 Å². The number of hydrogen-bond donors (Lipinski definition) is 1. The normalized spacial score (nSPS) is 22.4. The Bertz CT molecular complexity index is 659. The van der Waals surface area contributed by atoms with E-state index in [1.807, 2.05) is 17.8 Å². The van der Waals surface area contributed by atoms with Gasteiger partial charge in [0.25, 0.3) is 0 Å². The number of benzene rings is 1. The van der Waals surface area contributed by atoms with Crippen molar-refractivity contribution < 1.29 is 13.9 Å². The molecule has 1 N–H and O–H groups in total. The highest BCUT2D eigenvalue weighted by molar-refractivity contribution is 5.23. The van der Waals surface area contributed by atoms with Gasteiger partial charge in [-0.25, -0.2) is 8.78 Å². The van der Waals surface area contributed by atoms with Crippen molar-refractivity contribution in [2.45, 2.75) is 25.0 Å². The van der Waals surface area contributed by atoms with Crippen LogP contribution in [0.15, 0.2) is 30.5 Å². The van der Waals surface area contributed by atoms with Gasteiger partial charge in [-0.05, 0) is 30.2 Å². The molecular formula is C16H19F2N3O. The quantitative estimate of drug-likeness (QED) is 0.940. The van der Waals surface area contributed by atoms with E-state index in [1.54, 1.807) is 12.3 Å². The highest BCUT2D eigenvalue weighted by Gasteiger charge is 2.32. The van der Waals surface area contributed by atoms with Crippen LogP contribution in [0.2, 0.25) is 0 Å². The first kappa shape index (κ1) is 15.1. The minimum Gasteiger partial charge on any atom is -0.392 e. The van der Waals surface area contributed by atoms with Crippen LogP contribution in [0.3, 0.4) is 0 Å². The molecule has 0 bridgehead atoms. The number of halogens is 2. The van der Waals surface area contributed by atoms with E-state index in [4.69, 9.17) is 0 Å². The fraction of sp³-hybridized carbons (Fsp3) is 0.438. The number of likely N-dealkylation sites (tertiary alicyclic amines) is 1. The maximum atomic E-state index is 13.5. The van der Waals surface area contributed by atoms with Gasteiger partial charge in [0.05, 0.1) is 6.10 Å². The van der Waals surface area contributed by atoms with E-state index in [0.717, 1.165) is 24.7 Å². The van der Waals surface area contributed by atoms with Gasteiger partial charge in [-0.2, -0.15) is 5.10 Å². The van der Waals surface area contributed by atoms with Gasteiger partial charge in [0.15, 0.2) is 11.6 Å². The first-order valence-electron chi connectivity index (χ1n) is 7.38. The Morgan fingerprint density at radius 3 is 2.77 bits per heavy atom. The van der Waals surface area contributed by atoms with Gasteiger partial charge in [-0.15, -0.1) is 0 Å². The third-order valence-electron chi connectivity index (χ3n) is 4.29. The van der Waals surface area contributed by atoms with Gasteiger partial charge in [0, 0.05) is 44.5 Å². The van der Waals surface area contributed by atoms with Crippen LogP contribution in [0.5, 0.6) is 0 Å². The molecule has 0 unspecified atom stereocenters. The van der Waals surface area contributed by atoms with Crippen LogP contribution in [0.1, 0.15) is 23.7 Å². The van der Waals surface area contributed by atoms with E-state index >= 15 is 0 Å². The molecule has 0 spiro atoms. The Morgan fingerprint density at radius 2 is 2.09 bits per heavy atom. The molecular weight excluding hydrogens is 288 g/mol. The number of rotatable bonds is 4. The van der Waals surface area contributed by atoms with Crippen LogP contribution in [0.25, 0.3) is 0 Å². The molecule has 0 saturated carbocycles. The molecule has 6 heteroatoms. The predicted molar refractivity (Wildman–Crippen MR) is 78.2 cm³/mol. The summed E-state index contributed by atoms with van der Waals surface area (Å²) in [4.78, 5) is 2.12. The number of aliphatic hydroxyl groups is 1. The molecule has 1 aromatic carbocycles. The number of hydrogen-bond acceptors (Lipinski definition) is 3. The molecule has 0 amide bonds. The molecule has 1 saturated heterocycles. The zero-order valence-electron chi connectivity index (χ0n) is 12.4. The standard InChI is InChI=1S/C16H19F2N3O/c1-20-12(4-6-19-20)5-7-21-10-13(22)9-16(21)11-2-3-14(17)15(18)8-11/h2-4,6,8,13,16,22H,5,7,9-10H2,1H3/t13-,16+/m1/s1. The van der Waals surface area contributed by atoms with E-state index in [9.17, 15) is 13.9 Å². The predicted octanol–water partition coefficient (Wildman–Crippen LogP) is 2.05. The zero-order chi connectivity index (χ0) is 15.7. The number of β-amino-alcohol motifs (C(OH)–C–C–N with tert-alkyl or cyclic N) is 1. The van der Waals surface area contributed by atoms with E-state index in [2.05, 4.69) is 10.00 Å². The molecule has 2 heterocycles. The third kappa shape index (κ3) is 3.03. The van der Waals surface area contributed by atoms with Crippen molar-refractivity contribution in [1.29, 1.82) is 0 Å². The lowest BCUT2D eigenvalue weighted by atomic mass is 10.0. The maximum absolute atomic E-state index is 13.5. The minimum absolute atomic E-state index is 0.0849. The monoisotopic (exact) mass is 307 g/mol. The van der Waals surface area contributed by atoms with Crippen LogP contribution in [-0.4, -0.2) is 39.0 Å². The molecule has 4 nitrogen and oxygen atoms in total. The van der Waals surface area contributed by atoms with Gasteiger partial charge in [-0.1, -0.05) is 6.07 Å². The van der Waals surface area contributed by atoms with Crippen molar-refractivity contribution in [2.24, 2.45) is 7.05 Å². The summed E-state index contributed by atoms with van der Waals surface area (Å²) >= 11 is 0. The van der Waals surface area contributed by atoms with Crippen LogP contribution in [0, 0.1) is 11.6 Å². The van der Waals surface area contributed by atoms with E-state index in [-0.39, 0.29) is 6.04 Å². The molecule has 3 rings (SSSR count). The zero-order valence-corrected chi connectivity index (χ0v) is 12.4. The Labute approximate surface area is 128 Å². The van der Waals surface area contributed by atoms with Crippen molar-refractivity contribution in [3.8, 4) is 0 Å². The lowest BCUT2D eigenvalue weighted by Crippen LogP contribution is -2.27. The van der Waals surface area contributed by atoms with Gasteiger partial charge >= 0.3 is 0 Å². The van der Waals surface area contributed by atoms with E-state index in [0.29, 0.717) is 18.5 Å². The van der Waals surface area contributed by atoms with Crippen molar-refractivity contribution in [1.82, 2.24) is 14.7 Å². The summed E-state index contributed by atoms with van der Waals surface area (Å²) in [5, 5.41) is 14.1. The summed E-state index contributed by atoms with van der Waals surface area (Å²) in [6, 6.07) is 5.85. The maximum Gasteiger partial charge on any atom is 0.159 e. The summed E-state index contributed by atoms with van der Waals surface area (Å²) in [7, 11) is 1.89. The Morgan fingerprint density at radius 1 is 1.27 bits per heavy atom. The first-order chi connectivity index (χ1) is 10.5. The molecule has 1 aliphatic rings. The van der Waals surface area contributed by atoms with Crippen LogP contribution >= 0.6 is 0 Å². The average Bonchev–Trinajstić information content (AvgIpc) is 3.05. The molecule has 1 aliphatic heterocycles. The van der Waals surface area contributed by atoms with Crippen molar-refractivity contribution in [3.05, 3.63) is 53.4 Å². The fourth-order valence-corrected chi connectivity index (χ4v) is 3.10. The minimum atomic E-state index is -0.844. The molecule has 2 aromatic rings. The lowest BCUT2D eigenvalue weighted by Gasteiger charge is -2.24. The topological polar surface area (TPSA) is 41.3 Å². The SMILES string of the molecule is Cn1nccc1CCN1C[C@H](O)C[C@H]1c1ccc(F)c(F)c1. The van der Waals surface area contributed by atoms with Gasteiger partial charge in [-0.3, -0.25) is 9.58 Å². The van der Waals surface area contributed by atoms with E-state index < -0.39 is 17.7 Å². The summed E-state index contributed by atoms with van der Waals surface area (Å²) in [5.41, 5.74) is 1.81. The largest absolute Gasteiger partial charge is 0.392 e. The fourth-order valence-electron chi connectivity index (χ4n) is 3.10. The molecule has 0 radical (unpaired) electrons. The second kappa shape index (κ2) is 6.14. The number of aromatic nitrogens is 2. The molecule has 118 valence electrons. The van der Waals surface area contributed by atoms with E-state index in [1.165, 1.54) is 6.07 Å². The Hall–Kier alpha value is -1.79. The second-order valence-electron chi connectivity index (χ2n) is 5.77. The van der Waals surface area contributed by atoms with Crippen molar-refractivity contribution in [2.75, 3.05) is 13.1 Å². The summed E-state index contributed by atoms with van der Waals surface area (Å²) in [6.07, 6.45) is 2.64. The lowest BCUT2D eigenvalue weighted by molar-refractivity contribution is 0.175. The number of aryl methyl sites for hydroxylation is 1. The number of nitrogens with zero attached hydrogens (tertiary/aromatic N) is 3. The molecule has 1 fully saturated rings. The highest BCUT2D eigenvalue weighted by atomic mass is 19.2. The second-order valence-corrected chi connectivity index (χ2v) is 5.77. The van der Waals surface area contributed by atoms with Crippen molar-refractivity contribution >= 4 is 0 Å². The Kier molecular flexibility index (Phi) is 4.22. The third-order valence-corrected chi connectivity index (χ3v) is 4.29. The van der Waals surface area contributed by atoms with Gasteiger partial charge < -0.3 is 5.11 Å². The number of aliphatic hydroxyl groups excluding tert-OH is 1. The summed E-state index contributed by atoms with van der Waals surface area (Å²) in [5.74, 6) is -1.69. The highest BCUT2D eigenvalue weighted by Crippen LogP contribution is 2.32. The molecule has 1 aromatic heterocycles. The smallest absolute Gasteiger partial charge is 0.159 e. The summed E-state index contributed by atoms with van der Waals surface area (Å²) < 4.78 is 28.4.